The van der Waals surface area contributed by atoms with E-state index in [-0.39, 0.29) is 17.6 Å². The topological polar surface area (TPSA) is 39.1 Å². The van der Waals surface area contributed by atoms with Gasteiger partial charge in [-0.3, -0.25) is 4.68 Å². The van der Waals surface area contributed by atoms with Gasteiger partial charge in [-0.05, 0) is 31.2 Å². The van der Waals surface area contributed by atoms with Crippen molar-refractivity contribution in [2.24, 2.45) is 0 Å². The molecule has 0 aliphatic carbocycles. The number of ether oxygens (including phenoxy) is 1. The molecule has 1 aromatic carbocycles. The third-order valence-electron chi connectivity index (χ3n) is 3.34. The van der Waals surface area contributed by atoms with Gasteiger partial charge in [0.15, 0.2) is 11.6 Å². The molecule has 1 aromatic heterocycles. The molecule has 0 fully saturated rings. The van der Waals surface area contributed by atoms with E-state index >= 15 is 0 Å². The summed E-state index contributed by atoms with van der Waals surface area (Å²) in [5.41, 5.74) is 1.74. The van der Waals surface area contributed by atoms with Crippen LogP contribution in [0, 0.1) is 5.82 Å². The zero-order valence-electron chi connectivity index (χ0n) is 12.4. The fourth-order valence-corrected chi connectivity index (χ4v) is 2.62. The standard InChI is InChI=1S/C15H19ClFN3O/c1-4-7-20-15(11(16)9-19-20)14(18-2)10-5-6-12(17)13(8-10)21-3/h5-6,8-9,14,18H,4,7H2,1-3H3. The summed E-state index contributed by atoms with van der Waals surface area (Å²) in [5.74, 6) is -0.172. The first-order valence-electron chi connectivity index (χ1n) is 6.84. The van der Waals surface area contributed by atoms with Gasteiger partial charge in [0.2, 0.25) is 0 Å². The molecule has 0 saturated carbocycles. The van der Waals surface area contributed by atoms with Crippen LogP contribution in [0.3, 0.4) is 0 Å². The SMILES string of the molecule is CCCn1ncc(Cl)c1C(NC)c1ccc(F)c(OC)c1. The number of nitrogens with zero attached hydrogens (tertiary/aromatic N) is 2. The van der Waals surface area contributed by atoms with Crippen molar-refractivity contribution in [3.63, 3.8) is 0 Å². The van der Waals surface area contributed by atoms with Gasteiger partial charge in [-0.25, -0.2) is 4.39 Å². The van der Waals surface area contributed by atoms with Gasteiger partial charge in [0, 0.05) is 6.54 Å². The second-order valence-corrected chi connectivity index (χ2v) is 5.12. The maximum Gasteiger partial charge on any atom is 0.165 e. The van der Waals surface area contributed by atoms with E-state index in [1.807, 2.05) is 11.7 Å². The molecule has 0 aliphatic rings. The van der Waals surface area contributed by atoms with Crippen molar-refractivity contribution in [3.05, 3.63) is 46.5 Å². The smallest absolute Gasteiger partial charge is 0.165 e. The molecular weight excluding hydrogens is 293 g/mol. The van der Waals surface area contributed by atoms with E-state index in [0.29, 0.717) is 5.02 Å². The first-order chi connectivity index (χ1) is 10.1. The lowest BCUT2D eigenvalue weighted by Crippen LogP contribution is -2.22. The Balaban J connectivity index is 2.47. The van der Waals surface area contributed by atoms with Gasteiger partial charge in [-0.2, -0.15) is 5.10 Å². The highest BCUT2D eigenvalue weighted by Gasteiger charge is 2.21. The molecule has 0 bridgehead atoms. The van der Waals surface area contributed by atoms with Crippen molar-refractivity contribution in [1.82, 2.24) is 15.1 Å². The number of benzene rings is 1. The summed E-state index contributed by atoms with van der Waals surface area (Å²) in [6, 6.07) is 4.61. The molecule has 114 valence electrons. The molecule has 6 heteroatoms. The quantitative estimate of drug-likeness (QED) is 0.888. The molecule has 0 radical (unpaired) electrons. The van der Waals surface area contributed by atoms with Gasteiger partial charge in [0.25, 0.3) is 0 Å². The number of halogens is 2. The number of hydrogen-bond donors (Lipinski definition) is 1. The van der Waals surface area contributed by atoms with Crippen LogP contribution in [0.4, 0.5) is 4.39 Å². The minimum Gasteiger partial charge on any atom is -0.494 e. The summed E-state index contributed by atoms with van der Waals surface area (Å²) in [6.45, 7) is 2.85. The predicted molar refractivity (Wildman–Crippen MR) is 81.4 cm³/mol. The summed E-state index contributed by atoms with van der Waals surface area (Å²) < 4.78 is 20.5. The van der Waals surface area contributed by atoms with Crippen molar-refractivity contribution in [2.45, 2.75) is 25.9 Å². The van der Waals surface area contributed by atoms with Crippen LogP contribution >= 0.6 is 11.6 Å². The van der Waals surface area contributed by atoms with Crippen LogP contribution in [0.15, 0.2) is 24.4 Å². The Morgan fingerprint density at radius 2 is 2.24 bits per heavy atom. The number of aryl methyl sites for hydroxylation is 1. The first-order valence-corrected chi connectivity index (χ1v) is 7.22. The molecule has 2 rings (SSSR count). The van der Waals surface area contributed by atoms with E-state index in [1.165, 1.54) is 13.2 Å². The zero-order valence-corrected chi connectivity index (χ0v) is 13.1. The summed E-state index contributed by atoms with van der Waals surface area (Å²) in [6.07, 6.45) is 2.59. The van der Waals surface area contributed by atoms with Gasteiger partial charge in [0.05, 0.1) is 30.1 Å². The van der Waals surface area contributed by atoms with Gasteiger partial charge in [0.1, 0.15) is 0 Å². The van der Waals surface area contributed by atoms with E-state index in [2.05, 4.69) is 17.3 Å². The summed E-state index contributed by atoms with van der Waals surface area (Å²) in [5, 5.41) is 8.10. The van der Waals surface area contributed by atoms with Crippen LogP contribution in [0.5, 0.6) is 5.75 Å². The molecule has 1 N–H and O–H groups in total. The molecule has 1 atom stereocenters. The number of nitrogens with one attached hydrogen (secondary N) is 1. The molecule has 0 amide bonds. The Morgan fingerprint density at radius 1 is 1.48 bits per heavy atom. The average molecular weight is 312 g/mol. The first kappa shape index (κ1) is 15.8. The van der Waals surface area contributed by atoms with Crippen molar-refractivity contribution >= 4 is 11.6 Å². The Bertz CT molecular complexity index is 615. The van der Waals surface area contributed by atoms with Crippen molar-refractivity contribution < 1.29 is 9.13 Å². The highest BCUT2D eigenvalue weighted by molar-refractivity contribution is 6.31. The number of hydrogen-bond acceptors (Lipinski definition) is 3. The van der Waals surface area contributed by atoms with E-state index in [0.717, 1.165) is 24.2 Å². The van der Waals surface area contributed by atoms with Crippen LogP contribution in [-0.4, -0.2) is 23.9 Å². The van der Waals surface area contributed by atoms with Crippen LogP contribution in [0.2, 0.25) is 5.02 Å². The highest BCUT2D eigenvalue weighted by Crippen LogP contribution is 2.31. The lowest BCUT2D eigenvalue weighted by Gasteiger charge is -2.20. The lowest BCUT2D eigenvalue weighted by atomic mass is 10.0. The monoisotopic (exact) mass is 311 g/mol. The fraction of sp³-hybridized carbons (Fsp3) is 0.400. The maximum absolute atomic E-state index is 13.6. The third kappa shape index (κ3) is 3.19. The van der Waals surface area contributed by atoms with E-state index < -0.39 is 0 Å². The molecule has 1 unspecified atom stereocenters. The minimum atomic E-state index is -0.385. The van der Waals surface area contributed by atoms with Crippen molar-refractivity contribution in [1.29, 1.82) is 0 Å². The van der Waals surface area contributed by atoms with Crippen molar-refractivity contribution in [2.75, 3.05) is 14.2 Å². The van der Waals surface area contributed by atoms with Crippen LogP contribution in [0.25, 0.3) is 0 Å². The average Bonchev–Trinajstić information content (AvgIpc) is 2.83. The minimum absolute atomic E-state index is 0.180. The second-order valence-electron chi connectivity index (χ2n) is 4.72. The van der Waals surface area contributed by atoms with Crippen LogP contribution < -0.4 is 10.1 Å². The number of rotatable bonds is 6. The molecule has 0 aliphatic heterocycles. The van der Waals surface area contributed by atoms with Gasteiger partial charge >= 0.3 is 0 Å². The Morgan fingerprint density at radius 3 is 2.86 bits per heavy atom. The Hall–Kier alpha value is -1.59. The van der Waals surface area contributed by atoms with E-state index in [4.69, 9.17) is 16.3 Å². The molecule has 1 heterocycles. The van der Waals surface area contributed by atoms with Gasteiger partial charge in [-0.15, -0.1) is 0 Å². The summed E-state index contributed by atoms with van der Waals surface area (Å²) in [4.78, 5) is 0. The zero-order chi connectivity index (χ0) is 15.4. The third-order valence-corrected chi connectivity index (χ3v) is 3.63. The van der Waals surface area contributed by atoms with E-state index in [9.17, 15) is 4.39 Å². The predicted octanol–water partition coefficient (Wildman–Crippen LogP) is 3.40. The maximum atomic E-state index is 13.6. The van der Waals surface area contributed by atoms with Gasteiger partial charge < -0.3 is 10.1 Å². The van der Waals surface area contributed by atoms with Crippen LogP contribution in [0.1, 0.15) is 30.6 Å². The number of methoxy groups -OCH3 is 1. The molecular formula is C15H19ClFN3O. The molecule has 4 nitrogen and oxygen atoms in total. The van der Waals surface area contributed by atoms with Crippen molar-refractivity contribution in [3.8, 4) is 5.75 Å². The summed E-state index contributed by atoms with van der Waals surface area (Å²) >= 11 is 6.28. The molecule has 0 saturated heterocycles. The fourth-order valence-electron chi connectivity index (χ4n) is 2.37. The second kappa shape index (κ2) is 6.91. The Labute approximate surface area is 128 Å². The molecule has 2 aromatic rings. The van der Waals surface area contributed by atoms with Gasteiger partial charge in [-0.1, -0.05) is 24.6 Å². The molecule has 21 heavy (non-hydrogen) atoms. The lowest BCUT2D eigenvalue weighted by molar-refractivity contribution is 0.385. The number of aromatic nitrogens is 2. The Kier molecular flexibility index (Phi) is 5.20. The highest BCUT2D eigenvalue weighted by atomic mass is 35.5. The summed E-state index contributed by atoms with van der Waals surface area (Å²) in [7, 11) is 3.28. The normalized spacial score (nSPS) is 12.4. The van der Waals surface area contributed by atoms with Crippen LogP contribution in [-0.2, 0) is 6.54 Å². The van der Waals surface area contributed by atoms with E-state index in [1.54, 1.807) is 18.3 Å². The molecule has 0 spiro atoms. The largest absolute Gasteiger partial charge is 0.494 e.